The normalized spacial score (nSPS) is 13.4. The van der Waals surface area contributed by atoms with Crippen LogP contribution in [0.4, 0.5) is 0 Å². The van der Waals surface area contributed by atoms with Gasteiger partial charge in [-0.25, -0.2) is 0 Å². The summed E-state index contributed by atoms with van der Waals surface area (Å²) in [4.78, 5) is 24.5. The number of hydrogen-bond acceptors (Lipinski definition) is 3. The van der Waals surface area contributed by atoms with Crippen molar-refractivity contribution >= 4 is 11.9 Å². The first-order valence-electron chi connectivity index (χ1n) is 6.46. The third-order valence-corrected chi connectivity index (χ3v) is 2.84. The van der Waals surface area contributed by atoms with E-state index in [1.807, 2.05) is 20.8 Å². The van der Waals surface area contributed by atoms with Crippen molar-refractivity contribution in [2.75, 3.05) is 13.1 Å². The molecule has 0 aromatic rings. The standard InChI is InChI=1S/C13H26N2O3/c1-6-7-8-14-12(18)10(2)15(9-11(16)17)13(3,4)5/h10H,6-9H2,1-5H3,(H,14,18)(H,16,17). The largest absolute Gasteiger partial charge is 0.480 e. The molecule has 0 heterocycles. The van der Waals surface area contributed by atoms with E-state index in [0.29, 0.717) is 6.54 Å². The molecule has 0 saturated carbocycles. The Morgan fingerprint density at radius 2 is 1.89 bits per heavy atom. The van der Waals surface area contributed by atoms with E-state index >= 15 is 0 Å². The highest BCUT2D eigenvalue weighted by molar-refractivity contribution is 5.82. The molecule has 0 radical (unpaired) electrons. The van der Waals surface area contributed by atoms with Crippen LogP contribution >= 0.6 is 0 Å². The lowest BCUT2D eigenvalue weighted by Gasteiger charge is -2.38. The van der Waals surface area contributed by atoms with E-state index in [2.05, 4.69) is 12.2 Å². The monoisotopic (exact) mass is 258 g/mol. The van der Waals surface area contributed by atoms with Crippen molar-refractivity contribution in [1.29, 1.82) is 0 Å². The zero-order chi connectivity index (χ0) is 14.3. The maximum Gasteiger partial charge on any atom is 0.317 e. The van der Waals surface area contributed by atoms with Crippen LogP contribution in [0.15, 0.2) is 0 Å². The van der Waals surface area contributed by atoms with E-state index in [9.17, 15) is 9.59 Å². The summed E-state index contributed by atoms with van der Waals surface area (Å²) in [7, 11) is 0. The summed E-state index contributed by atoms with van der Waals surface area (Å²) >= 11 is 0. The molecule has 106 valence electrons. The predicted molar refractivity (Wildman–Crippen MR) is 71.5 cm³/mol. The highest BCUT2D eigenvalue weighted by Gasteiger charge is 2.31. The SMILES string of the molecule is CCCCNC(=O)C(C)N(CC(=O)O)C(C)(C)C. The number of nitrogens with one attached hydrogen (secondary N) is 1. The van der Waals surface area contributed by atoms with E-state index in [1.54, 1.807) is 11.8 Å². The van der Waals surface area contributed by atoms with Gasteiger partial charge in [0.2, 0.25) is 5.91 Å². The van der Waals surface area contributed by atoms with Gasteiger partial charge in [-0.3, -0.25) is 14.5 Å². The quantitative estimate of drug-likeness (QED) is 0.679. The van der Waals surface area contributed by atoms with Crippen LogP contribution in [0.5, 0.6) is 0 Å². The number of unbranched alkanes of at least 4 members (excludes halogenated alkanes) is 1. The van der Waals surface area contributed by atoms with Gasteiger partial charge >= 0.3 is 5.97 Å². The van der Waals surface area contributed by atoms with Gasteiger partial charge in [-0.05, 0) is 34.1 Å². The molecule has 0 saturated heterocycles. The number of carboxylic acids is 1. The fourth-order valence-corrected chi connectivity index (χ4v) is 1.78. The topological polar surface area (TPSA) is 69.6 Å². The minimum atomic E-state index is -0.918. The van der Waals surface area contributed by atoms with Gasteiger partial charge in [0, 0.05) is 12.1 Å². The number of amides is 1. The number of carbonyl (C=O) groups is 2. The molecule has 1 amide bonds. The van der Waals surface area contributed by atoms with E-state index in [4.69, 9.17) is 5.11 Å². The molecule has 0 rings (SSSR count). The Balaban J connectivity index is 4.59. The Morgan fingerprint density at radius 3 is 2.28 bits per heavy atom. The average molecular weight is 258 g/mol. The van der Waals surface area contributed by atoms with E-state index in [1.165, 1.54) is 0 Å². The molecule has 2 N–H and O–H groups in total. The zero-order valence-electron chi connectivity index (χ0n) is 12.1. The Kier molecular flexibility index (Phi) is 6.91. The first-order valence-corrected chi connectivity index (χ1v) is 6.46. The van der Waals surface area contributed by atoms with E-state index < -0.39 is 12.0 Å². The molecule has 0 aromatic heterocycles. The van der Waals surface area contributed by atoms with Crippen LogP contribution in [0.2, 0.25) is 0 Å². The predicted octanol–water partition coefficient (Wildman–Crippen LogP) is 1.48. The average Bonchev–Trinajstić information content (AvgIpc) is 2.23. The molecule has 0 aliphatic heterocycles. The highest BCUT2D eigenvalue weighted by atomic mass is 16.4. The Labute approximate surface area is 110 Å². The fourth-order valence-electron chi connectivity index (χ4n) is 1.78. The number of carbonyl (C=O) groups excluding carboxylic acids is 1. The molecule has 0 aliphatic rings. The summed E-state index contributed by atoms with van der Waals surface area (Å²) in [5.74, 6) is -1.03. The smallest absolute Gasteiger partial charge is 0.317 e. The number of aliphatic carboxylic acids is 1. The molecule has 1 unspecified atom stereocenters. The van der Waals surface area contributed by atoms with Gasteiger partial charge in [-0.2, -0.15) is 0 Å². The third kappa shape index (κ3) is 6.00. The van der Waals surface area contributed by atoms with Crippen molar-refractivity contribution in [2.45, 2.75) is 59.0 Å². The summed E-state index contributed by atoms with van der Waals surface area (Å²) in [5.41, 5.74) is -0.361. The molecule has 0 fully saturated rings. The van der Waals surface area contributed by atoms with Gasteiger partial charge in [0.1, 0.15) is 0 Å². The summed E-state index contributed by atoms with van der Waals surface area (Å²) in [6.07, 6.45) is 1.96. The minimum absolute atomic E-state index is 0.111. The van der Waals surface area contributed by atoms with Crippen LogP contribution in [-0.4, -0.2) is 46.6 Å². The van der Waals surface area contributed by atoms with Gasteiger partial charge in [-0.1, -0.05) is 13.3 Å². The number of nitrogens with zero attached hydrogens (tertiary/aromatic N) is 1. The van der Waals surface area contributed by atoms with E-state index in [0.717, 1.165) is 12.8 Å². The number of rotatable bonds is 7. The lowest BCUT2D eigenvalue weighted by molar-refractivity contribution is -0.142. The van der Waals surface area contributed by atoms with Crippen LogP contribution in [-0.2, 0) is 9.59 Å². The lowest BCUT2D eigenvalue weighted by atomic mass is 10.0. The van der Waals surface area contributed by atoms with Crippen molar-refractivity contribution < 1.29 is 14.7 Å². The fraction of sp³-hybridized carbons (Fsp3) is 0.846. The molecule has 0 aliphatic carbocycles. The zero-order valence-corrected chi connectivity index (χ0v) is 12.1. The summed E-state index contributed by atoms with van der Waals surface area (Å²) in [5, 5.41) is 11.8. The first kappa shape index (κ1) is 16.9. The van der Waals surface area contributed by atoms with Crippen LogP contribution in [0, 0.1) is 0 Å². The van der Waals surface area contributed by atoms with E-state index in [-0.39, 0.29) is 18.0 Å². The van der Waals surface area contributed by atoms with Crippen molar-refractivity contribution in [3.05, 3.63) is 0 Å². The van der Waals surface area contributed by atoms with Crippen LogP contribution in [0.1, 0.15) is 47.5 Å². The second kappa shape index (κ2) is 7.36. The first-order chi connectivity index (χ1) is 8.20. The van der Waals surface area contributed by atoms with Gasteiger partial charge in [-0.15, -0.1) is 0 Å². The molecular formula is C13H26N2O3. The van der Waals surface area contributed by atoms with Gasteiger partial charge in [0.25, 0.3) is 0 Å². The summed E-state index contributed by atoms with van der Waals surface area (Å²) < 4.78 is 0. The molecule has 1 atom stereocenters. The number of hydrogen-bond donors (Lipinski definition) is 2. The molecule has 0 aromatic carbocycles. The maximum atomic E-state index is 11.9. The van der Waals surface area contributed by atoms with Gasteiger partial charge in [0.15, 0.2) is 0 Å². The van der Waals surface area contributed by atoms with Crippen LogP contribution < -0.4 is 5.32 Å². The second-order valence-corrected chi connectivity index (χ2v) is 5.51. The van der Waals surface area contributed by atoms with Crippen molar-refractivity contribution in [3.8, 4) is 0 Å². The minimum Gasteiger partial charge on any atom is -0.480 e. The molecule has 5 nitrogen and oxygen atoms in total. The summed E-state index contributed by atoms with van der Waals surface area (Å²) in [6.45, 7) is 10.0. The molecule has 0 bridgehead atoms. The van der Waals surface area contributed by atoms with Gasteiger partial charge < -0.3 is 10.4 Å². The van der Waals surface area contributed by atoms with Crippen molar-refractivity contribution in [1.82, 2.24) is 10.2 Å². The van der Waals surface area contributed by atoms with Crippen LogP contribution in [0.3, 0.4) is 0 Å². The van der Waals surface area contributed by atoms with Gasteiger partial charge in [0.05, 0.1) is 12.6 Å². The molecule has 5 heteroatoms. The van der Waals surface area contributed by atoms with Crippen molar-refractivity contribution in [2.24, 2.45) is 0 Å². The Bertz CT molecular complexity index is 284. The van der Waals surface area contributed by atoms with Crippen molar-refractivity contribution in [3.63, 3.8) is 0 Å². The second-order valence-electron chi connectivity index (χ2n) is 5.51. The molecule has 0 spiro atoms. The molecular weight excluding hydrogens is 232 g/mol. The molecule has 18 heavy (non-hydrogen) atoms. The lowest BCUT2D eigenvalue weighted by Crippen LogP contribution is -2.55. The maximum absolute atomic E-state index is 11.9. The number of carboxylic acid groups (broad SMARTS) is 1. The highest BCUT2D eigenvalue weighted by Crippen LogP contribution is 2.16. The van der Waals surface area contributed by atoms with Crippen LogP contribution in [0.25, 0.3) is 0 Å². The Hall–Kier alpha value is -1.10. The third-order valence-electron chi connectivity index (χ3n) is 2.84. The Morgan fingerprint density at radius 1 is 1.33 bits per heavy atom. The summed E-state index contributed by atoms with van der Waals surface area (Å²) in [6, 6.07) is -0.446.